The first-order chi connectivity index (χ1) is 9.06. The maximum Gasteiger partial charge on any atom is 0.176 e. The molecule has 1 aromatic carbocycles. The van der Waals surface area contributed by atoms with E-state index in [1.165, 1.54) is 12.8 Å². The van der Waals surface area contributed by atoms with Crippen LogP contribution in [0.2, 0.25) is 0 Å². The molecule has 104 valence electrons. The van der Waals surface area contributed by atoms with Crippen LogP contribution in [0.3, 0.4) is 0 Å². The molecule has 3 nitrogen and oxygen atoms in total. The minimum absolute atomic E-state index is 0.215. The molecule has 0 radical (unpaired) electrons. The summed E-state index contributed by atoms with van der Waals surface area (Å²) in [7, 11) is 4.18. The van der Waals surface area contributed by atoms with Crippen LogP contribution in [-0.2, 0) is 0 Å². The topological polar surface area (TPSA) is 23.6 Å². The zero-order valence-corrected chi connectivity index (χ0v) is 13.2. The highest BCUT2D eigenvalue weighted by Crippen LogP contribution is 2.19. The third-order valence-electron chi connectivity index (χ3n) is 3.57. The second-order valence-electron chi connectivity index (χ2n) is 5.46. The molecule has 1 fully saturated rings. The fourth-order valence-corrected chi connectivity index (χ4v) is 3.07. The van der Waals surface area contributed by atoms with E-state index in [1.807, 2.05) is 24.3 Å². The summed E-state index contributed by atoms with van der Waals surface area (Å²) in [5.41, 5.74) is 0.796. The van der Waals surface area contributed by atoms with Gasteiger partial charge >= 0.3 is 0 Å². The van der Waals surface area contributed by atoms with Crippen LogP contribution < -0.4 is 0 Å². The van der Waals surface area contributed by atoms with Crippen molar-refractivity contribution in [3.8, 4) is 0 Å². The summed E-state index contributed by atoms with van der Waals surface area (Å²) in [6, 6.07) is 8.18. The predicted molar refractivity (Wildman–Crippen MR) is 81.6 cm³/mol. The monoisotopic (exact) mass is 324 g/mol. The molecular weight excluding hydrogens is 304 g/mol. The standard InChI is InChI=1S/C15H21BrN2O/c1-17(2)10-14-7-4-8-18(14)11-15(19)12-5-3-6-13(16)9-12/h3,5-6,9,14H,4,7-8,10-11H2,1-2H3. The fourth-order valence-electron chi connectivity index (χ4n) is 2.67. The summed E-state index contributed by atoms with van der Waals surface area (Å²) < 4.78 is 0.963. The Morgan fingerprint density at radius 3 is 2.95 bits per heavy atom. The van der Waals surface area contributed by atoms with Crippen LogP contribution in [0.25, 0.3) is 0 Å². The molecule has 0 spiro atoms. The summed E-state index contributed by atoms with van der Waals surface area (Å²) in [4.78, 5) is 16.8. The summed E-state index contributed by atoms with van der Waals surface area (Å²) in [6.07, 6.45) is 2.40. The Hall–Kier alpha value is -0.710. The third-order valence-corrected chi connectivity index (χ3v) is 4.06. The number of hydrogen-bond acceptors (Lipinski definition) is 3. The molecule has 1 aliphatic rings. The van der Waals surface area contributed by atoms with Crippen LogP contribution in [0.4, 0.5) is 0 Å². The molecule has 2 rings (SSSR count). The lowest BCUT2D eigenvalue weighted by Gasteiger charge is -2.26. The number of Topliss-reactive ketones (excluding diaryl/α,β-unsaturated/α-hetero) is 1. The van der Waals surface area contributed by atoms with E-state index in [2.05, 4.69) is 39.8 Å². The molecule has 0 aromatic heterocycles. The number of ketones is 1. The number of carbonyl (C=O) groups is 1. The number of carbonyl (C=O) groups excluding carboxylic acids is 1. The molecule has 1 aliphatic heterocycles. The van der Waals surface area contributed by atoms with Gasteiger partial charge in [-0.25, -0.2) is 0 Å². The van der Waals surface area contributed by atoms with E-state index in [9.17, 15) is 4.79 Å². The molecule has 0 amide bonds. The molecule has 1 aromatic rings. The minimum Gasteiger partial charge on any atom is -0.308 e. The third kappa shape index (κ3) is 4.13. The largest absolute Gasteiger partial charge is 0.308 e. The van der Waals surface area contributed by atoms with Gasteiger partial charge in [0.15, 0.2) is 5.78 Å². The Kier molecular flexibility index (Phi) is 5.13. The Bertz CT molecular complexity index is 448. The van der Waals surface area contributed by atoms with Crippen LogP contribution in [0.15, 0.2) is 28.7 Å². The number of likely N-dealkylation sites (tertiary alicyclic amines) is 1. The lowest BCUT2D eigenvalue weighted by atomic mass is 10.1. The van der Waals surface area contributed by atoms with Gasteiger partial charge in [-0.3, -0.25) is 9.69 Å². The summed E-state index contributed by atoms with van der Waals surface area (Å²) in [5, 5.41) is 0. The van der Waals surface area contributed by atoms with Crippen molar-refractivity contribution in [1.29, 1.82) is 0 Å². The number of halogens is 1. The maximum atomic E-state index is 12.3. The summed E-state index contributed by atoms with van der Waals surface area (Å²) in [6.45, 7) is 2.61. The number of rotatable bonds is 5. The van der Waals surface area contributed by atoms with Crippen molar-refractivity contribution in [2.24, 2.45) is 0 Å². The quantitative estimate of drug-likeness (QED) is 0.778. The SMILES string of the molecule is CN(C)CC1CCCN1CC(=O)c1cccc(Br)c1. The molecule has 0 bridgehead atoms. The summed E-state index contributed by atoms with van der Waals surface area (Å²) in [5.74, 6) is 0.215. The van der Waals surface area contributed by atoms with Crippen LogP contribution >= 0.6 is 15.9 Å². The van der Waals surface area contributed by atoms with Crippen LogP contribution in [0, 0.1) is 0 Å². The van der Waals surface area contributed by atoms with Crippen LogP contribution in [-0.4, -0.2) is 55.4 Å². The van der Waals surface area contributed by atoms with E-state index in [4.69, 9.17) is 0 Å². The summed E-state index contributed by atoms with van der Waals surface area (Å²) >= 11 is 3.42. The van der Waals surface area contributed by atoms with Gasteiger partial charge in [0.2, 0.25) is 0 Å². The van der Waals surface area contributed by atoms with Gasteiger partial charge in [-0.15, -0.1) is 0 Å². The molecule has 1 heterocycles. The van der Waals surface area contributed by atoms with E-state index in [-0.39, 0.29) is 5.78 Å². The molecule has 0 N–H and O–H groups in total. The van der Waals surface area contributed by atoms with Crippen molar-refractivity contribution < 1.29 is 4.79 Å². The Labute approximate surface area is 123 Å². The second-order valence-corrected chi connectivity index (χ2v) is 6.38. The van der Waals surface area contributed by atoms with E-state index >= 15 is 0 Å². The smallest absolute Gasteiger partial charge is 0.176 e. The molecule has 1 unspecified atom stereocenters. The lowest BCUT2D eigenvalue weighted by Crippen LogP contribution is -2.40. The molecule has 0 saturated carbocycles. The zero-order chi connectivity index (χ0) is 13.8. The Morgan fingerprint density at radius 1 is 1.47 bits per heavy atom. The highest BCUT2D eigenvalue weighted by atomic mass is 79.9. The van der Waals surface area contributed by atoms with Gasteiger partial charge in [-0.2, -0.15) is 0 Å². The van der Waals surface area contributed by atoms with Crippen molar-refractivity contribution in [2.45, 2.75) is 18.9 Å². The Balaban J connectivity index is 1.98. The number of hydrogen-bond donors (Lipinski definition) is 0. The zero-order valence-electron chi connectivity index (χ0n) is 11.6. The highest BCUT2D eigenvalue weighted by molar-refractivity contribution is 9.10. The van der Waals surface area contributed by atoms with E-state index < -0.39 is 0 Å². The van der Waals surface area contributed by atoms with Gasteiger partial charge in [0.05, 0.1) is 6.54 Å². The average Bonchev–Trinajstić information content (AvgIpc) is 2.75. The van der Waals surface area contributed by atoms with Gasteiger partial charge in [-0.05, 0) is 45.6 Å². The second kappa shape index (κ2) is 6.64. The van der Waals surface area contributed by atoms with Crippen molar-refractivity contribution in [1.82, 2.24) is 9.80 Å². The lowest BCUT2D eigenvalue weighted by molar-refractivity contribution is 0.0910. The van der Waals surface area contributed by atoms with Crippen molar-refractivity contribution in [3.63, 3.8) is 0 Å². The van der Waals surface area contributed by atoms with Crippen LogP contribution in [0.5, 0.6) is 0 Å². The van der Waals surface area contributed by atoms with E-state index in [0.29, 0.717) is 12.6 Å². The van der Waals surface area contributed by atoms with Crippen LogP contribution in [0.1, 0.15) is 23.2 Å². The average molecular weight is 325 g/mol. The molecule has 1 saturated heterocycles. The molecular formula is C15H21BrN2O. The van der Waals surface area contributed by atoms with Gasteiger partial charge < -0.3 is 4.90 Å². The van der Waals surface area contributed by atoms with Crippen molar-refractivity contribution in [3.05, 3.63) is 34.3 Å². The molecule has 19 heavy (non-hydrogen) atoms. The normalized spacial score (nSPS) is 20.1. The predicted octanol–water partition coefficient (Wildman–Crippen LogP) is 2.66. The number of likely N-dealkylation sites (N-methyl/N-ethyl adjacent to an activating group) is 1. The first-order valence-electron chi connectivity index (χ1n) is 6.74. The van der Waals surface area contributed by atoms with Gasteiger partial charge in [0.1, 0.15) is 0 Å². The molecule has 1 atom stereocenters. The van der Waals surface area contributed by atoms with Gasteiger partial charge in [0.25, 0.3) is 0 Å². The fraction of sp³-hybridized carbons (Fsp3) is 0.533. The molecule has 4 heteroatoms. The van der Waals surface area contributed by atoms with E-state index in [1.54, 1.807) is 0 Å². The van der Waals surface area contributed by atoms with E-state index in [0.717, 1.165) is 23.1 Å². The number of benzene rings is 1. The van der Waals surface area contributed by atoms with Crippen molar-refractivity contribution >= 4 is 21.7 Å². The highest BCUT2D eigenvalue weighted by Gasteiger charge is 2.26. The first-order valence-corrected chi connectivity index (χ1v) is 7.53. The van der Waals surface area contributed by atoms with Crippen molar-refractivity contribution in [2.75, 3.05) is 33.7 Å². The Morgan fingerprint density at radius 2 is 2.26 bits per heavy atom. The number of nitrogens with zero attached hydrogens (tertiary/aromatic N) is 2. The first kappa shape index (κ1) is 14.7. The maximum absolute atomic E-state index is 12.3. The molecule has 0 aliphatic carbocycles. The van der Waals surface area contributed by atoms with Gasteiger partial charge in [0, 0.05) is 22.6 Å². The van der Waals surface area contributed by atoms with Gasteiger partial charge in [-0.1, -0.05) is 28.1 Å². The minimum atomic E-state index is 0.215.